The molecule has 2 rings (SSSR count). The van der Waals surface area contributed by atoms with E-state index < -0.39 is 0 Å². The number of morpholine rings is 1. The zero-order valence-electron chi connectivity index (χ0n) is 10.2. The number of hydrogen-bond acceptors (Lipinski definition) is 4. The average molecular weight is 238 g/mol. The van der Waals surface area contributed by atoms with Gasteiger partial charge in [0, 0.05) is 45.5 Å². The molecule has 1 unspecified atom stereocenters. The molecule has 1 amide bonds. The largest absolute Gasteiger partial charge is 0.366 e. The van der Waals surface area contributed by atoms with Gasteiger partial charge in [0.2, 0.25) is 0 Å². The van der Waals surface area contributed by atoms with E-state index in [2.05, 4.69) is 10.4 Å². The molecule has 94 valence electrons. The van der Waals surface area contributed by atoms with Crippen molar-refractivity contribution in [2.45, 2.75) is 12.6 Å². The van der Waals surface area contributed by atoms with Gasteiger partial charge in [-0.05, 0) is 0 Å². The molecule has 1 aromatic rings. The maximum absolute atomic E-state index is 12.0. The van der Waals surface area contributed by atoms with E-state index in [9.17, 15) is 4.79 Å². The molecule has 1 aromatic heterocycles. The van der Waals surface area contributed by atoms with Gasteiger partial charge in [0.25, 0.3) is 5.91 Å². The number of aryl methyl sites for hydroxylation is 1. The van der Waals surface area contributed by atoms with Gasteiger partial charge in [0.15, 0.2) is 0 Å². The molecular formula is C11H18N4O2. The average Bonchev–Trinajstić information content (AvgIpc) is 2.75. The lowest BCUT2D eigenvalue weighted by molar-refractivity contribution is -0.144. The standard InChI is InChI=1S/C11H18N4O2/c1-14(7-9-5-13-15(2)8-9)11(16)10-6-12-3-4-17-10/h5,8,10,12H,3-4,6-7H2,1-2H3. The van der Waals surface area contributed by atoms with Gasteiger partial charge >= 0.3 is 0 Å². The van der Waals surface area contributed by atoms with Crippen LogP contribution in [-0.4, -0.2) is 53.4 Å². The Labute approximate surface area is 101 Å². The first-order valence-corrected chi connectivity index (χ1v) is 5.71. The molecule has 6 nitrogen and oxygen atoms in total. The normalized spacial score (nSPS) is 20.2. The summed E-state index contributed by atoms with van der Waals surface area (Å²) < 4.78 is 7.16. The number of carbonyl (C=O) groups is 1. The van der Waals surface area contributed by atoms with E-state index in [1.54, 1.807) is 22.8 Å². The zero-order chi connectivity index (χ0) is 12.3. The minimum absolute atomic E-state index is 0.0149. The van der Waals surface area contributed by atoms with Gasteiger partial charge in [0.05, 0.1) is 12.8 Å². The van der Waals surface area contributed by atoms with Crippen LogP contribution in [0.15, 0.2) is 12.4 Å². The summed E-state index contributed by atoms with van der Waals surface area (Å²) in [5, 5.41) is 7.23. The number of nitrogens with zero attached hydrogens (tertiary/aromatic N) is 3. The summed E-state index contributed by atoms with van der Waals surface area (Å²) in [6.07, 6.45) is 3.32. The van der Waals surface area contributed by atoms with Gasteiger partial charge in [-0.2, -0.15) is 5.10 Å². The fourth-order valence-electron chi connectivity index (χ4n) is 1.88. The Morgan fingerprint density at radius 3 is 3.18 bits per heavy atom. The third kappa shape index (κ3) is 3.04. The van der Waals surface area contributed by atoms with Gasteiger partial charge in [-0.1, -0.05) is 0 Å². The number of likely N-dealkylation sites (N-methyl/N-ethyl adjacent to an activating group) is 1. The topological polar surface area (TPSA) is 59.4 Å². The van der Waals surface area contributed by atoms with Crippen LogP contribution in [0.5, 0.6) is 0 Å². The SMILES string of the molecule is CN(Cc1cnn(C)c1)C(=O)C1CNCCO1. The van der Waals surface area contributed by atoms with Crippen molar-refractivity contribution in [1.82, 2.24) is 20.0 Å². The molecule has 1 atom stereocenters. The van der Waals surface area contributed by atoms with Gasteiger partial charge in [0.1, 0.15) is 6.10 Å². The fourth-order valence-corrected chi connectivity index (χ4v) is 1.88. The molecular weight excluding hydrogens is 220 g/mol. The van der Waals surface area contributed by atoms with Crippen LogP contribution in [0, 0.1) is 0 Å². The molecule has 1 fully saturated rings. The zero-order valence-corrected chi connectivity index (χ0v) is 10.2. The Kier molecular flexibility index (Phi) is 3.75. The molecule has 1 aliphatic rings. The minimum Gasteiger partial charge on any atom is -0.366 e. The first-order chi connectivity index (χ1) is 8.16. The van der Waals surface area contributed by atoms with Crippen molar-refractivity contribution in [2.24, 2.45) is 7.05 Å². The van der Waals surface area contributed by atoms with Crippen LogP contribution in [0.1, 0.15) is 5.56 Å². The lowest BCUT2D eigenvalue weighted by atomic mass is 10.2. The van der Waals surface area contributed by atoms with Gasteiger partial charge in [-0.3, -0.25) is 9.48 Å². The predicted octanol–water partition coefficient (Wildman–Crippen LogP) is -0.633. The summed E-state index contributed by atoms with van der Waals surface area (Å²) in [5.41, 5.74) is 1.02. The molecule has 0 aliphatic carbocycles. The Hall–Kier alpha value is -1.40. The predicted molar refractivity (Wildman–Crippen MR) is 62.3 cm³/mol. The van der Waals surface area contributed by atoms with E-state index in [-0.39, 0.29) is 12.0 Å². The second-order valence-electron chi connectivity index (χ2n) is 4.28. The molecule has 0 spiro atoms. The molecule has 0 saturated carbocycles. The van der Waals surface area contributed by atoms with Crippen molar-refractivity contribution in [1.29, 1.82) is 0 Å². The van der Waals surface area contributed by atoms with Crippen LogP contribution in [0.25, 0.3) is 0 Å². The number of hydrogen-bond donors (Lipinski definition) is 1. The van der Waals surface area contributed by atoms with E-state index in [4.69, 9.17) is 4.74 Å². The van der Waals surface area contributed by atoms with Crippen LogP contribution in [0.4, 0.5) is 0 Å². The highest BCUT2D eigenvalue weighted by molar-refractivity contribution is 5.81. The van der Waals surface area contributed by atoms with E-state index >= 15 is 0 Å². The lowest BCUT2D eigenvalue weighted by Crippen LogP contribution is -2.48. The minimum atomic E-state index is -0.356. The molecule has 0 aromatic carbocycles. The Balaban J connectivity index is 1.90. The number of carbonyl (C=O) groups excluding carboxylic acids is 1. The summed E-state index contributed by atoms with van der Waals surface area (Å²) in [5.74, 6) is 0.0149. The summed E-state index contributed by atoms with van der Waals surface area (Å²) in [6, 6.07) is 0. The second-order valence-corrected chi connectivity index (χ2v) is 4.28. The number of nitrogens with one attached hydrogen (secondary N) is 1. The van der Waals surface area contributed by atoms with Crippen molar-refractivity contribution >= 4 is 5.91 Å². The first kappa shape index (κ1) is 12.1. The Bertz CT molecular complexity index is 385. The fraction of sp³-hybridized carbons (Fsp3) is 0.636. The highest BCUT2D eigenvalue weighted by atomic mass is 16.5. The number of aromatic nitrogens is 2. The van der Waals surface area contributed by atoms with E-state index in [1.807, 2.05) is 13.2 Å². The van der Waals surface area contributed by atoms with Gasteiger partial charge < -0.3 is 15.0 Å². The smallest absolute Gasteiger partial charge is 0.253 e. The maximum atomic E-state index is 12.0. The summed E-state index contributed by atoms with van der Waals surface area (Å²) in [7, 11) is 3.65. The van der Waals surface area contributed by atoms with Crippen molar-refractivity contribution < 1.29 is 9.53 Å². The molecule has 6 heteroatoms. The highest BCUT2D eigenvalue weighted by Crippen LogP contribution is 2.06. The first-order valence-electron chi connectivity index (χ1n) is 5.71. The molecule has 1 saturated heterocycles. The molecule has 1 N–H and O–H groups in total. The molecule has 17 heavy (non-hydrogen) atoms. The van der Waals surface area contributed by atoms with Crippen LogP contribution in [0.3, 0.4) is 0 Å². The molecule has 0 radical (unpaired) electrons. The van der Waals surface area contributed by atoms with Crippen LogP contribution in [-0.2, 0) is 23.1 Å². The number of amides is 1. The van der Waals surface area contributed by atoms with E-state index in [1.165, 1.54) is 0 Å². The quantitative estimate of drug-likeness (QED) is 0.761. The van der Waals surface area contributed by atoms with E-state index in [0.717, 1.165) is 12.1 Å². The van der Waals surface area contributed by atoms with Gasteiger partial charge in [-0.25, -0.2) is 0 Å². The van der Waals surface area contributed by atoms with Crippen molar-refractivity contribution in [3.8, 4) is 0 Å². The maximum Gasteiger partial charge on any atom is 0.253 e. The summed E-state index contributed by atoms with van der Waals surface area (Å²) in [4.78, 5) is 13.7. The Morgan fingerprint density at radius 2 is 2.59 bits per heavy atom. The number of rotatable bonds is 3. The lowest BCUT2D eigenvalue weighted by Gasteiger charge is -2.27. The third-order valence-corrected chi connectivity index (χ3v) is 2.76. The van der Waals surface area contributed by atoms with Crippen molar-refractivity contribution in [3.05, 3.63) is 18.0 Å². The monoisotopic (exact) mass is 238 g/mol. The second kappa shape index (κ2) is 5.29. The van der Waals surface area contributed by atoms with E-state index in [0.29, 0.717) is 19.7 Å². The van der Waals surface area contributed by atoms with Crippen molar-refractivity contribution in [3.63, 3.8) is 0 Å². The number of ether oxygens (including phenoxy) is 1. The third-order valence-electron chi connectivity index (χ3n) is 2.76. The van der Waals surface area contributed by atoms with Crippen molar-refractivity contribution in [2.75, 3.05) is 26.7 Å². The summed E-state index contributed by atoms with van der Waals surface area (Å²) >= 11 is 0. The molecule has 1 aliphatic heterocycles. The summed E-state index contributed by atoms with van der Waals surface area (Å²) in [6.45, 7) is 2.57. The highest BCUT2D eigenvalue weighted by Gasteiger charge is 2.24. The molecule has 0 bridgehead atoms. The van der Waals surface area contributed by atoms with Gasteiger partial charge in [-0.15, -0.1) is 0 Å². The van der Waals surface area contributed by atoms with Crippen LogP contribution < -0.4 is 5.32 Å². The molecule has 2 heterocycles. The Morgan fingerprint density at radius 1 is 1.76 bits per heavy atom. The van der Waals surface area contributed by atoms with Crippen LogP contribution >= 0.6 is 0 Å². The van der Waals surface area contributed by atoms with Crippen LogP contribution in [0.2, 0.25) is 0 Å².